The van der Waals surface area contributed by atoms with E-state index >= 15 is 0 Å². The third-order valence-corrected chi connectivity index (χ3v) is 2.18. The van der Waals surface area contributed by atoms with Gasteiger partial charge in [-0.1, -0.05) is 13.8 Å². The zero-order valence-electron chi connectivity index (χ0n) is 10.4. The Kier molecular flexibility index (Phi) is 9.18. The zero-order valence-corrected chi connectivity index (χ0v) is 10.4. The highest BCUT2D eigenvalue weighted by molar-refractivity contribution is 5.70. The van der Waals surface area contributed by atoms with Crippen LogP contribution in [0.4, 0.5) is 0 Å². The molecule has 5 nitrogen and oxygen atoms in total. The number of rotatable bonds is 9. The van der Waals surface area contributed by atoms with Gasteiger partial charge in [-0.05, 0) is 12.8 Å². The maximum absolute atomic E-state index is 10.9. The normalized spacial score (nSPS) is 12.8. The molecule has 0 aliphatic heterocycles. The fourth-order valence-electron chi connectivity index (χ4n) is 1.19. The second-order valence-corrected chi connectivity index (χ2v) is 3.84. The summed E-state index contributed by atoms with van der Waals surface area (Å²) in [6.45, 7) is 7.34. The first-order valence-corrected chi connectivity index (χ1v) is 5.69. The first-order valence-electron chi connectivity index (χ1n) is 5.69. The summed E-state index contributed by atoms with van der Waals surface area (Å²) < 4.78 is 9.81. The monoisotopic (exact) mass is 233 g/mol. The maximum atomic E-state index is 10.9. The maximum Gasteiger partial charge on any atom is 0.332 e. The van der Waals surface area contributed by atoms with Crippen molar-refractivity contribution in [3.63, 3.8) is 0 Å². The van der Waals surface area contributed by atoms with Gasteiger partial charge in [-0.2, -0.15) is 0 Å². The van der Waals surface area contributed by atoms with E-state index in [-0.39, 0.29) is 25.2 Å². The molecule has 0 radical (unpaired) electrons. The molecule has 96 valence electrons. The van der Waals surface area contributed by atoms with Crippen LogP contribution in [0.5, 0.6) is 0 Å². The number of aliphatic hydroxyl groups is 1. The van der Waals surface area contributed by atoms with Crippen LogP contribution in [0.1, 0.15) is 20.8 Å². The first kappa shape index (κ1) is 15.3. The average Bonchev–Trinajstić information content (AvgIpc) is 2.23. The number of carbonyl (C=O) groups excluding carboxylic acids is 1. The van der Waals surface area contributed by atoms with Gasteiger partial charge in [0.2, 0.25) is 0 Å². The zero-order chi connectivity index (χ0) is 12.4. The highest BCUT2D eigenvalue weighted by Crippen LogP contribution is 1.99. The van der Waals surface area contributed by atoms with Gasteiger partial charge in [-0.3, -0.25) is 0 Å². The van der Waals surface area contributed by atoms with Gasteiger partial charge in [-0.15, -0.1) is 0 Å². The Morgan fingerprint density at radius 2 is 2.12 bits per heavy atom. The van der Waals surface area contributed by atoms with Crippen LogP contribution in [0, 0.1) is 5.92 Å². The van der Waals surface area contributed by atoms with Crippen molar-refractivity contribution in [2.75, 3.05) is 33.0 Å². The number of hydrogen-bond donors (Lipinski definition) is 2. The molecule has 0 bridgehead atoms. The van der Waals surface area contributed by atoms with Crippen LogP contribution >= 0.6 is 0 Å². The van der Waals surface area contributed by atoms with Crippen molar-refractivity contribution in [3.8, 4) is 0 Å². The van der Waals surface area contributed by atoms with E-state index < -0.39 is 0 Å². The number of carbonyl (C=O) groups is 1. The lowest BCUT2D eigenvalue weighted by Gasteiger charge is -2.19. The summed E-state index contributed by atoms with van der Waals surface area (Å²) in [5, 5.41) is 12.2. The topological polar surface area (TPSA) is 67.8 Å². The molecule has 0 heterocycles. The number of hydrogen-bond acceptors (Lipinski definition) is 5. The van der Waals surface area contributed by atoms with E-state index in [1.165, 1.54) is 0 Å². The predicted octanol–water partition coefficient (Wildman–Crippen LogP) is 0.173. The molecule has 0 aromatic rings. The third-order valence-electron chi connectivity index (χ3n) is 2.18. The molecule has 0 spiro atoms. The summed E-state index contributed by atoms with van der Waals surface area (Å²) in [4.78, 5) is 10.9. The molecule has 0 aromatic heterocycles. The van der Waals surface area contributed by atoms with E-state index in [2.05, 4.69) is 5.32 Å². The Morgan fingerprint density at radius 1 is 1.44 bits per heavy atom. The molecule has 0 aromatic carbocycles. The summed E-state index contributed by atoms with van der Waals surface area (Å²) in [6, 6.07) is 0.0752. The average molecular weight is 233 g/mol. The van der Waals surface area contributed by atoms with E-state index in [4.69, 9.17) is 14.6 Å². The summed E-state index contributed by atoms with van der Waals surface area (Å²) >= 11 is 0. The van der Waals surface area contributed by atoms with E-state index in [0.717, 1.165) is 0 Å². The van der Waals surface area contributed by atoms with E-state index in [0.29, 0.717) is 25.7 Å². The summed E-state index contributed by atoms with van der Waals surface area (Å²) in [5.74, 6) is 0.0279. The van der Waals surface area contributed by atoms with Gasteiger partial charge in [0.05, 0.1) is 19.8 Å². The second kappa shape index (κ2) is 9.57. The SMILES string of the molecule is CCOC(=O)COCCNC(CO)C(C)C. The first-order chi connectivity index (χ1) is 7.61. The van der Waals surface area contributed by atoms with Crippen LogP contribution in [0.3, 0.4) is 0 Å². The lowest BCUT2D eigenvalue weighted by molar-refractivity contribution is -0.148. The lowest BCUT2D eigenvalue weighted by Crippen LogP contribution is -2.39. The Bertz CT molecular complexity index is 185. The van der Waals surface area contributed by atoms with Crippen LogP contribution in [-0.2, 0) is 14.3 Å². The number of aliphatic hydroxyl groups excluding tert-OH is 1. The van der Waals surface area contributed by atoms with E-state index in [1.54, 1.807) is 6.92 Å². The molecule has 0 aliphatic carbocycles. The van der Waals surface area contributed by atoms with Gasteiger partial charge in [0.1, 0.15) is 6.61 Å². The highest BCUT2D eigenvalue weighted by atomic mass is 16.6. The molecule has 0 amide bonds. The molecule has 5 heteroatoms. The summed E-state index contributed by atoms with van der Waals surface area (Å²) in [5.41, 5.74) is 0. The highest BCUT2D eigenvalue weighted by Gasteiger charge is 2.10. The van der Waals surface area contributed by atoms with Crippen molar-refractivity contribution in [2.24, 2.45) is 5.92 Å². The van der Waals surface area contributed by atoms with Crippen LogP contribution in [0.25, 0.3) is 0 Å². The molecule has 0 fully saturated rings. The summed E-state index contributed by atoms with van der Waals surface area (Å²) in [7, 11) is 0. The minimum absolute atomic E-state index is 0.0129. The van der Waals surface area contributed by atoms with Crippen molar-refractivity contribution in [1.82, 2.24) is 5.32 Å². The molecule has 0 saturated carbocycles. The quantitative estimate of drug-likeness (QED) is 0.439. The molecule has 1 atom stereocenters. The van der Waals surface area contributed by atoms with E-state index in [1.807, 2.05) is 13.8 Å². The Balaban J connectivity index is 3.42. The Morgan fingerprint density at radius 3 is 2.62 bits per heavy atom. The van der Waals surface area contributed by atoms with Crippen molar-refractivity contribution >= 4 is 5.97 Å². The smallest absolute Gasteiger partial charge is 0.332 e. The fraction of sp³-hybridized carbons (Fsp3) is 0.909. The van der Waals surface area contributed by atoms with Gasteiger partial charge < -0.3 is 19.9 Å². The number of ether oxygens (including phenoxy) is 2. The third kappa shape index (κ3) is 7.62. The molecule has 2 N–H and O–H groups in total. The van der Waals surface area contributed by atoms with E-state index in [9.17, 15) is 4.79 Å². The Hall–Kier alpha value is -0.650. The van der Waals surface area contributed by atoms with Crippen molar-refractivity contribution < 1.29 is 19.4 Å². The molecular weight excluding hydrogens is 210 g/mol. The minimum Gasteiger partial charge on any atom is -0.464 e. The van der Waals surface area contributed by atoms with Gasteiger partial charge >= 0.3 is 5.97 Å². The molecule has 16 heavy (non-hydrogen) atoms. The molecular formula is C11H23NO4. The lowest BCUT2D eigenvalue weighted by atomic mass is 10.1. The number of nitrogens with one attached hydrogen (secondary N) is 1. The molecule has 1 unspecified atom stereocenters. The number of esters is 1. The molecule has 0 saturated heterocycles. The van der Waals surface area contributed by atoms with Gasteiger partial charge in [0, 0.05) is 12.6 Å². The minimum atomic E-state index is -0.343. The molecule has 0 rings (SSSR count). The van der Waals surface area contributed by atoms with Crippen LogP contribution in [0.15, 0.2) is 0 Å². The van der Waals surface area contributed by atoms with Crippen LogP contribution in [0.2, 0.25) is 0 Å². The van der Waals surface area contributed by atoms with Gasteiger partial charge in [-0.25, -0.2) is 4.79 Å². The van der Waals surface area contributed by atoms with Crippen molar-refractivity contribution in [2.45, 2.75) is 26.8 Å². The van der Waals surface area contributed by atoms with Crippen molar-refractivity contribution in [1.29, 1.82) is 0 Å². The largest absolute Gasteiger partial charge is 0.464 e. The fourth-order valence-corrected chi connectivity index (χ4v) is 1.19. The Labute approximate surface area is 97.1 Å². The second-order valence-electron chi connectivity index (χ2n) is 3.84. The van der Waals surface area contributed by atoms with Crippen LogP contribution < -0.4 is 5.32 Å². The van der Waals surface area contributed by atoms with Crippen molar-refractivity contribution in [3.05, 3.63) is 0 Å². The summed E-state index contributed by atoms with van der Waals surface area (Å²) in [6.07, 6.45) is 0. The van der Waals surface area contributed by atoms with Gasteiger partial charge in [0.25, 0.3) is 0 Å². The predicted molar refractivity (Wildman–Crippen MR) is 61.2 cm³/mol. The standard InChI is InChI=1S/C11H23NO4/c1-4-16-11(14)8-15-6-5-12-10(7-13)9(2)3/h9-10,12-13H,4-8H2,1-3H3. The molecule has 0 aliphatic rings. The van der Waals surface area contributed by atoms with Crippen LogP contribution in [-0.4, -0.2) is 50.1 Å². The van der Waals surface area contributed by atoms with Gasteiger partial charge in [0.15, 0.2) is 0 Å².